The van der Waals surface area contributed by atoms with E-state index >= 15 is 0 Å². The van der Waals surface area contributed by atoms with Crippen LogP contribution in [0.3, 0.4) is 0 Å². The molecule has 0 saturated carbocycles. The van der Waals surface area contributed by atoms with Crippen LogP contribution >= 0.6 is 0 Å². The third-order valence-electron chi connectivity index (χ3n) is 2.52. The predicted molar refractivity (Wildman–Crippen MR) is 66.9 cm³/mol. The van der Waals surface area contributed by atoms with Crippen LogP contribution in [0, 0.1) is 0 Å². The fraction of sp³-hybridized carbons (Fsp3) is 0.500. The van der Waals surface area contributed by atoms with E-state index < -0.39 is 10.1 Å². The van der Waals surface area contributed by atoms with Crippen LogP contribution in [-0.2, 0) is 22.0 Å². The zero-order valence-corrected chi connectivity index (χ0v) is 11.1. The Bertz CT molecular complexity index is 498. The molecule has 0 fully saturated rings. The Labute approximate surface area is 102 Å². The summed E-state index contributed by atoms with van der Waals surface area (Å²) in [4.78, 5) is 0. The summed E-state index contributed by atoms with van der Waals surface area (Å²) in [6.07, 6.45) is 0.238. The Kier molecular flexibility index (Phi) is 3.84. The van der Waals surface area contributed by atoms with Gasteiger partial charge in [0.15, 0.2) is 0 Å². The summed E-state index contributed by atoms with van der Waals surface area (Å²) in [6, 6.07) is 5.00. The average Bonchev–Trinajstić information content (AvgIpc) is 2.13. The van der Waals surface area contributed by atoms with Crippen molar-refractivity contribution in [1.29, 1.82) is 0 Å². The summed E-state index contributed by atoms with van der Waals surface area (Å²) in [5, 5.41) is 9.73. The predicted octanol–water partition coefficient (Wildman–Crippen LogP) is 2.12. The summed E-state index contributed by atoms with van der Waals surface area (Å²) >= 11 is 0. The van der Waals surface area contributed by atoms with Gasteiger partial charge in [-0.3, -0.25) is 4.55 Å². The van der Waals surface area contributed by atoms with Gasteiger partial charge < -0.3 is 5.11 Å². The van der Waals surface area contributed by atoms with E-state index in [1.54, 1.807) is 18.2 Å². The first-order valence-electron chi connectivity index (χ1n) is 5.37. The molecule has 1 aromatic carbocycles. The van der Waals surface area contributed by atoms with Gasteiger partial charge in [-0.05, 0) is 29.0 Å². The molecular weight excluding hydrogens is 240 g/mol. The highest BCUT2D eigenvalue weighted by molar-refractivity contribution is 7.85. The summed E-state index contributed by atoms with van der Waals surface area (Å²) in [6.45, 7) is 5.90. The lowest BCUT2D eigenvalue weighted by atomic mass is 9.85. The molecule has 0 saturated heterocycles. The van der Waals surface area contributed by atoms with Gasteiger partial charge in [-0.15, -0.1) is 0 Å². The number of hydrogen-bond acceptors (Lipinski definition) is 3. The lowest BCUT2D eigenvalue weighted by Crippen LogP contribution is -2.12. The first-order valence-corrected chi connectivity index (χ1v) is 6.98. The van der Waals surface area contributed by atoms with Crippen LogP contribution in [0.15, 0.2) is 18.2 Å². The molecule has 0 aliphatic carbocycles. The average molecular weight is 258 g/mol. The Morgan fingerprint density at radius 2 is 1.82 bits per heavy atom. The Hall–Kier alpha value is -1.07. The number of rotatable bonds is 3. The number of phenols is 1. The Morgan fingerprint density at radius 1 is 1.24 bits per heavy atom. The smallest absolute Gasteiger partial charge is 0.265 e. The fourth-order valence-electron chi connectivity index (χ4n) is 1.59. The van der Waals surface area contributed by atoms with Crippen molar-refractivity contribution in [2.24, 2.45) is 0 Å². The third-order valence-corrected chi connectivity index (χ3v) is 3.24. The maximum atomic E-state index is 10.7. The second kappa shape index (κ2) is 4.66. The van der Waals surface area contributed by atoms with Crippen LogP contribution in [0.4, 0.5) is 0 Å². The largest absolute Gasteiger partial charge is 0.508 e. The van der Waals surface area contributed by atoms with Gasteiger partial charge in [-0.25, -0.2) is 0 Å². The Balaban J connectivity index is 2.98. The highest BCUT2D eigenvalue weighted by Crippen LogP contribution is 2.31. The van der Waals surface area contributed by atoms with Crippen molar-refractivity contribution < 1.29 is 18.1 Å². The van der Waals surface area contributed by atoms with Gasteiger partial charge in [0, 0.05) is 0 Å². The van der Waals surface area contributed by atoms with Crippen molar-refractivity contribution in [2.75, 3.05) is 5.75 Å². The molecule has 0 bridgehead atoms. The number of aromatic hydroxyl groups is 1. The van der Waals surface area contributed by atoms with E-state index in [1.807, 2.05) is 20.8 Å². The van der Waals surface area contributed by atoms with Crippen LogP contribution < -0.4 is 0 Å². The summed E-state index contributed by atoms with van der Waals surface area (Å²) in [7, 11) is -3.94. The van der Waals surface area contributed by atoms with Gasteiger partial charge in [0.25, 0.3) is 10.1 Å². The number of aryl methyl sites for hydroxylation is 1. The molecule has 0 radical (unpaired) electrons. The molecule has 0 unspecified atom stereocenters. The fourth-order valence-corrected chi connectivity index (χ4v) is 2.08. The van der Waals surface area contributed by atoms with Crippen molar-refractivity contribution in [1.82, 2.24) is 0 Å². The molecule has 0 heterocycles. The first kappa shape index (κ1) is 14.0. The molecule has 1 rings (SSSR count). The second-order valence-corrected chi connectivity index (χ2v) is 6.71. The quantitative estimate of drug-likeness (QED) is 0.814. The molecule has 96 valence electrons. The van der Waals surface area contributed by atoms with Crippen LogP contribution in [0.5, 0.6) is 5.75 Å². The molecule has 5 heteroatoms. The van der Waals surface area contributed by atoms with E-state index in [0.29, 0.717) is 0 Å². The second-order valence-electron chi connectivity index (χ2n) is 5.14. The lowest BCUT2D eigenvalue weighted by Gasteiger charge is -2.21. The molecule has 4 nitrogen and oxygen atoms in total. The highest BCUT2D eigenvalue weighted by atomic mass is 32.2. The number of benzene rings is 1. The van der Waals surface area contributed by atoms with Crippen LogP contribution in [-0.4, -0.2) is 23.8 Å². The third kappa shape index (κ3) is 4.36. The molecule has 17 heavy (non-hydrogen) atoms. The minimum absolute atomic E-state index is 0.202. The molecule has 0 atom stereocenters. The SMILES string of the molecule is CC(C)(C)c1cc(CCS(=O)(=O)O)ccc1O. The van der Waals surface area contributed by atoms with Crippen LogP contribution in [0.1, 0.15) is 31.9 Å². The zero-order chi connectivity index (χ0) is 13.3. The molecular formula is C12H18O4S. The first-order chi connectivity index (χ1) is 7.59. The van der Waals surface area contributed by atoms with E-state index in [4.69, 9.17) is 4.55 Å². The van der Waals surface area contributed by atoms with Crippen molar-refractivity contribution in [3.63, 3.8) is 0 Å². The van der Waals surface area contributed by atoms with Gasteiger partial charge in [-0.1, -0.05) is 32.9 Å². The number of phenolic OH excluding ortho intramolecular Hbond substituents is 1. The van der Waals surface area contributed by atoms with E-state index in [0.717, 1.165) is 11.1 Å². The van der Waals surface area contributed by atoms with Crippen LogP contribution in [0.2, 0.25) is 0 Å². The van der Waals surface area contributed by atoms with Gasteiger partial charge in [0.1, 0.15) is 5.75 Å². The van der Waals surface area contributed by atoms with E-state index in [-0.39, 0.29) is 23.3 Å². The van der Waals surface area contributed by atoms with Gasteiger partial charge in [-0.2, -0.15) is 8.42 Å². The van der Waals surface area contributed by atoms with Gasteiger partial charge >= 0.3 is 0 Å². The standard InChI is InChI=1S/C12H18O4S/c1-12(2,3)10-8-9(4-5-11(10)13)6-7-17(14,15)16/h4-5,8,13H,6-7H2,1-3H3,(H,14,15,16). The normalized spacial score (nSPS) is 12.7. The van der Waals surface area contributed by atoms with Crippen molar-refractivity contribution in [2.45, 2.75) is 32.6 Å². The van der Waals surface area contributed by atoms with E-state index in [9.17, 15) is 13.5 Å². The maximum absolute atomic E-state index is 10.7. The molecule has 0 amide bonds. The molecule has 0 aromatic heterocycles. The van der Waals surface area contributed by atoms with E-state index in [2.05, 4.69) is 0 Å². The molecule has 0 aliphatic rings. The van der Waals surface area contributed by atoms with Crippen molar-refractivity contribution in [3.8, 4) is 5.75 Å². The minimum atomic E-state index is -3.94. The summed E-state index contributed by atoms with van der Waals surface area (Å²) in [5.74, 6) is -0.102. The molecule has 0 aliphatic heterocycles. The van der Waals surface area contributed by atoms with Gasteiger partial charge in [0.05, 0.1) is 5.75 Å². The molecule has 0 spiro atoms. The minimum Gasteiger partial charge on any atom is -0.508 e. The summed E-state index contributed by atoms with van der Waals surface area (Å²) < 4.78 is 30.0. The lowest BCUT2D eigenvalue weighted by molar-refractivity contribution is 0.446. The van der Waals surface area contributed by atoms with E-state index in [1.165, 1.54) is 0 Å². The number of hydrogen-bond donors (Lipinski definition) is 2. The summed E-state index contributed by atoms with van der Waals surface area (Å²) in [5.41, 5.74) is 1.34. The topological polar surface area (TPSA) is 74.6 Å². The zero-order valence-electron chi connectivity index (χ0n) is 10.3. The Morgan fingerprint density at radius 3 is 2.29 bits per heavy atom. The van der Waals surface area contributed by atoms with Crippen LogP contribution in [0.25, 0.3) is 0 Å². The van der Waals surface area contributed by atoms with Gasteiger partial charge in [0.2, 0.25) is 0 Å². The van der Waals surface area contributed by atoms with Crippen molar-refractivity contribution in [3.05, 3.63) is 29.3 Å². The van der Waals surface area contributed by atoms with Crippen molar-refractivity contribution >= 4 is 10.1 Å². The maximum Gasteiger partial charge on any atom is 0.265 e. The molecule has 2 N–H and O–H groups in total. The highest BCUT2D eigenvalue weighted by Gasteiger charge is 2.18. The molecule has 1 aromatic rings. The monoisotopic (exact) mass is 258 g/mol.